The number of halogens is 3. The van der Waals surface area contributed by atoms with Gasteiger partial charge in [0.05, 0.1) is 10.9 Å². The number of aromatic nitrogens is 3. The summed E-state index contributed by atoms with van der Waals surface area (Å²) in [4.78, 5) is 30.9. The Morgan fingerprint density at radius 2 is 1.70 bits per heavy atom. The highest BCUT2D eigenvalue weighted by molar-refractivity contribution is 6.11. The number of anilines is 1. The molecule has 0 atom stereocenters. The topological polar surface area (TPSA) is 138 Å². The van der Waals surface area contributed by atoms with Crippen molar-refractivity contribution in [2.75, 3.05) is 12.4 Å². The Morgan fingerprint density at radius 1 is 0.979 bits per heavy atom. The van der Waals surface area contributed by atoms with E-state index in [1.807, 2.05) is 20.8 Å². The van der Waals surface area contributed by atoms with E-state index in [1.165, 1.54) is 7.05 Å². The minimum absolute atomic E-state index is 0.00189. The molecule has 0 aliphatic heterocycles. The van der Waals surface area contributed by atoms with Gasteiger partial charge in [0, 0.05) is 53.1 Å². The van der Waals surface area contributed by atoms with Crippen LogP contribution in [0.1, 0.15) is 54.1 Å². The van der Waals surface area contributed by atoms with Crippen molar-refractivity contribution in [2.24, 2.45) is 0 Å². The van der Waals surface area contributed by atoms with Crippen LogP contribution >= 0.6 is 0 Å². The number of amides is 2. The lowest BCUT2D eigenvalue weighted by Gasteiger charge is -2.20. The third-order valence-corrected chi connectivity index (χ3v) is 6.87. The minimum Gasteiger partial charge on any atom is -0.437 e. The maximum Gasteiger partial charge on any atom is 0.435 e. The molecule has 47 heavy (non-hydrogen) atoms. The molecule has 0 saturated heterocycles. The lowest BCUT2D eigenvalue weighted by Crippen LogP contribution is -2.40. The predicted octanol–water partition coefficient (Wildman–Crippen LogP) is 7.22. The largest absolute Gasteiger partial charge is 0.437 e. The SMILES string of the molecule is CNC(=O)c1c(-c2ccc(N/C=C\C(C)=N)cc2)oc2nc(-n3ccc(C(F)(F)F)n3)c(-c3cccc(C(=O)NC(C)(C)C)c3)cc12. The van der Waals surface area contributed by atoms with E-state index in [4.69, 9.17) is 9.83 Å². The van der Waals surface area contributed by atoms with Crippen LogP contribution < -0.4 is 16.0 Å². The van der Waals surface area contributed by atoms with Gasteiger partial charge < -0.3 is 25.8 Å². The number of nitrogens with one attached hydrogen (secondary N) is 4. The fraction of sp³-hybridized carbons (Fsp3) is 0.206. The Kier molecular flexibility index (Phi) is 8.75. The zero-order valence-electron chi connectivity index (χ0n) is 26.2. The molecule has 0 unspecified atom stereocenters. The highest BCUT2D eigenvalue weighted by atomic mass is 19.4. The molecule has 0 aliphatic rings. The first kappa shape index (κ1) is 32.7. The average molecular weight is 644 g/mol. The lowest BCUT2D eigenvalue weighted by atomic mass is 9.99. The number of carbonyl (C=O) groups is 2. The van der Waals surface area contributed by atoms with E-state index in [-0.39, 0.29) is 28.8 Å². The van der Waals surface area contributed by atoms with Crippen molar-refractivity contribution >= 4 is 34.3 Å². The minimum atomic E-state index is -4.69. The Labute approximate surface area is 268 Å². The molecule has 5 aromatic rings. The Morgan fingerprint density at radius 3 is 2.32 bits per heavy atom. The van der Waals surface area contributed by atoms with E-state index in [0.29, 0.717) is 33.4 Å². The third kappa shape index (κ3) is 7.24. The van der Waals surface area contributed by atoms with Gasteiger partial charge >= 0.3 is 6.18 Å². The van der Waals surface area contributed by atoms with Gasteiger partial charge in [-0.1, -0.05) is 12.1 Å². The molecule has 4 N–H and O–H groups in total. The van der Waals surface area contributed by atoms with Crippen LogP contribution in [-0.4, -0.2) is 44.9 Å². The second-order valence-corrected chi connectivity index (χ2v) is 11.8. The van der Waals surface area contributed by atoms with Crippen molar-refractivity contribution < 1.29 is 27.2 Å². The molecule has 3 heterocycles. The zero-order valence-corrected chi connectivity index (χ0v) is 26.2. The number of hydrogen-bond donors (Lipinski definition) is 4. The molecule has 13 heteroatoms. The van der Waals surface area contributed by atoms with Crippen molar-refractivity contribution in [2.45, 2.75) is 39.4 Å². The van der Waals surface area contributed by atoms with E-state index in [2.05, 4.69) is 26.0 Å². The third-order valence-electron chi connectivity index (χ3n) is 6.87. The van der Waals surface area contributed by atoms with Crippen molar-refractivity contribution in [3.05, 3.63) is 96.0 Å². The molecule has 242 valence electrons. The fourth-order valence-electron chi connectivity index (χ4n) is 4.77. The monoisotopic (exact) mass is 643 g/mol. The summed E-state index contributed by atoms with van der Waals surface area (Å²) in [6.07, 6.45) is -0.329. The predicted molar refractivity (Wildman–Crippen MR) is 174 cm³/mol. The summed E-state index contributed by atoms with van der Waals surface area (Å²) in [5.41, 5.74) is 1.26. The number of carbonyl (C=O) groups excluding carboxylic acids is 2. The smallest absolute Gasteiger partial charge is 0.435 e. The first-order valence-corrected chi connectivity index (χ1v) is 14.5. The van der Waals surface area contributed by atoms with Gasteiger partial charge in [-0.25, -0.2) is 4.68 Å². The number of hydrogen-bond acceptors (Lipinski definition) is 7. The zero-order chi connectivity index (χ0) is 34.1. The van der Waals surface area contributed by atoms with Crippen molar-refractivity contribution in [3.8, 4) is 28.3 Å². The van der Waals surface area contributed by atoms with E-state index in [1.54, 1.807) is 73.8 Å². The lowest BCUT2D eigenvalue weighted by molar-refractivity contribution is -0.141. The first-order valence-electron chi connectivity index (χ1n) is 14.5. The standard InChI is InChI=1S/C34H32F3N7O3/c1-19(38)13-15-40-23-11-9-20(10-12-23)28-27(31(46)39-5)25-18-24(21-7-6-8-22(17-21)30(45)42-33(2,3)4)29(41-32(25)47-28)44-16-14-26(43-44)34(35,36)37/h6-18,38,40H,1-5H3,(H,39,46)(H,42,45)/b15-13-,38-19?. The molecule has 2 aromatic carbocycles. The van der Waals surface area contributed by atoms with Gasteiger partial charge in [-0.05, 0) is 87.9 Å². The van der Waals surface area contributed by atoms with Crippen LogP contribution in [0, 0.1) is 5.41 Å². The highest BCUT2D eigenvalue weighted by Crippen LogP contribution is 2.38. The second-order valence-electron chi connectivity index (χ2n) is 11.8. The van der Waals surface area contributed by atoms with Crippen LogP contribution in [-0.2, 0) is 6.18 Å². The van der Waals surface area contributed by atoms with E-state index in [0.717, 1.165) is 22.6 Å². The van der Waals surface area contributed by atoms with Crippen molar-refractivity contribution in [1.29, 1.82) is 5.41 Å². The summed E-state index contributed by atoms with van der Waals surface area (Å²) in [5.74, 6) is -0.617. The molecule has 0 bridgehead atoms. The Hall–Kier alpha value is -5.72. The van der Waals surface area contributed by atoms with Crippen molar-refractivity contribution in [3.63, 3.8) is 0 Å². The number of alkyl halides is 3. The molecule has 3 aromatic heterocycles. The van der Waals surface area contributed by atoms with Gasteiger partial charge in [-0.15, -0.1) is 0 Å². The van der Waals surface area contributed by atoms with Crippen LogP contribution in [0.3, 0.4) is 0 Å². The summed E-state index contributed by atoms with van der Waals surface area (Å²) in [5, 5.41) is 20.1. The number of furan rings is 1. The first-order chi connectivity index (χ1) is 22.1. The summed E-state index contributed by atoms with van der Waals surface area (Å²) >= 11 is 0. The van der Waals surface area contributed by atoms with Crippen LogP contribution in [0.4, 0.5) is 18.9 Å². The Balaban J connectivity index is 1.71. The average Bonchev–Trinajstić information content (AvgIpc) is 3.65. The number of benzene rings is 2. The summed E-state index contributed by atoms with van der Waals surface area (Å²) in [6.45, 7) is 7.18. The van der Waals surface area contributed by atoms with Gasteiger partial charge in [0.25, 0.3) is 11.8 Å². The van der Waals surface area contributed by atoms with Gasteiger partial charge in [-0.3, -0.25) is 9.59 Å². The normalized spacial score (nSPS) is 12.0. The summed E-state index contributed by atoms with van der Waals surface area (Å²) < 4.78 is 47.8. The number of nitrogens with zero attached hydrogens (tertiary/aromatic N) is 3. The molecule has 0 aliphatic carbocycles. The maximum atomic E-state index is 13.6. The van der Waals surface area contributed by atoms with Crippen LogP contribution in [0.2, 0.25) is 0 Å². The molecule has 0 saturated carbocycles. The molecule has 2 amide bonds. The van der Waals surface area contributed by atoms with Gasteiger partial charge in [0.15, 0.2) is 11.5 Å². The fourth-order valence-corrected chi connectivity index (χ4v) is 4.77. The number of allylic oxidation sites excluding steroid dienone is 1. The van der Waals surface area contributed by atoms with Crippen LogP contribution in [0.25, 0.3) is 39.4 Å². The summed E-state index contributed by atoms with van der Waals surface area (Å²) in [7, 11) is 1.47. The van der Waals surface area contributed by atoms with Crippen LogP contribution in [0.5, 0.6) is 0 Å². The van der Waals surface area contributed by atoms with Crippen LogP contribution in [0.15, 0.2) is 83.6 Å². The second kappa shape index (κ2) is 12.6. The highest BCUT2D eigenvalue weighted by Gasteiger charge is 2.34. The maximum absolute atomic E-state index is 13.6. The van der Waals surface area contributed by atoms with E-state index in [9.17, 15) is 22.8 Å². The molecule has 0 radical (unpaired) electrons. The molecule has 0 spiro atoms. The van der Waals surface area contributed by atoms with Gasteiger partial charge in [0.1, 0.15) is 5.76 Å². The van der Waals surface area contributed by atoms with E-state index < -0.39 is 23.3 Å². The summed E-state index contributed by atoms with van der Waals surface area (Å²) in [6, 6.07) is 16.0. The molecule has 5 rings (SSSR count). The molecule has 10 nitrogen and oxygen atoms in total. The Bertz CT molecular complexity index is 2020. The molecular weight excluding hydrogens is 611 g/mol. The number of rotatable bonds is 8. The van der Waals surface area contributed by atoms with Crippen molar-refractivity contribution in [1.82, 2.24) is 25.4 Å². The number of fused-ring (bicyclic) bond motifs is 1. The quantitative estimate of drug-likeness (QED) is 0.132. The number of pyridine rings is 1. The van der Waals surface area contributed by atoms with E-state index >= 15 is 0 Å². The molecular formula is C34H32F3N7O3. The van der Waals surface area contributed by atoms with Gasteiger partial charge in [-0.2, -0.15) is 23.3 Å². The van der Waals surface area contributed by atoms with Gasteiger partial charge in [0.2, 0.25) is 5.71 Å². The molecule has 0 fully saturated rings.